The van der Waals surface area contributed by atoms with Crippen LogP contribution in [0.4, 0.5) is 5.69 Å². The lowest BCUT2D eigenvalue weighted by molar-refractivity contribution is 0.0994. The highest BCUT2D eigenvalue weighted by molar-refractivity contribution is 7.89. The number of hydrogen-bond acceptors (Lipinski definition) is 7. The topological polar surface area (TPSA) is 128 Å². The molecule has 0 atom stereocenters. The van der Waals surface area contributed by atoms with Gasteiger partial charge in [-0.1, -0.05) is 0 Å². The molecule has 0 unspecified atom stereocenters. The summed E-state index contributed by atoms with van der Waals surface area (Å²) in [7, 11) is -0.841. The number of fused-ring (bicyclic) bond motifs is 1. The van der Waals surface area contributed by atoms with Crippen molar-refractivity contribution in [3.63, 3.8) is 0 Å². The molecule has 0 aliphatic heterocycles. The van der Waals surface area contributed by atoms with Crippen molar-refractivity contribution >= 4 is 43.2 Å². The van der Waals surface area contributed by atoms with E-state index in [2.05, 4.69) is 9.97 Å². The highest BCUT2D eigenvalue weighted by atomic mass is 32.2. The summed E-state index contributed by atoms with van der Waals surface area (Å²) in [4.78, 5) is 35.8. The first kappa shape index (κ1) is 18.2. The normalized spacial score (nSPS) is 11.7. The van der Waals surface area contributed by atoms with Crippen molar-refractivity contribution in [2.75, 3.05) is 11.9 Å². The average molecular weight is 393 g/mol. The van der Waals surface area contributed by atoms with E-state index >= 15 is 0 Å². The molecular weight excluding hydrogens is 378 g/mol. The Morgan fingerprint density at radius 3 is 2.58 bits per heavy atom. The van der Waals surface area contributed by atoms with Crippen LogP contribution < -0.4 is 15.6 Å². The summed E-state index contributed by atoms with van der Waals surface area (Å²) in [5.74, 6) is -0.413. The van der Waals surface area contributed by atoms with E-state index in [0.717, 1.165) is 0 Å². The molecule has 11 heteroatoms. The Morgan fingerprint density at radius 1 is 1.31 bits per heavy atom. The third-order valence-electron chi connectivity index (χ3n) is 3.87. The fraction of sp³-hybridized carbons (Fsp3) is 0.200. The molecule has 9 nitrogen and oxygen atoms in total. The molecule has 3 aromatic rings. The molecule has 2 N–H and O–H groups in total. The van der Waals surface area contributed by atoms with Gasteiger partial charge in [0.1, 0.15) is 4.83 Å². The lowest BCUT2D eigenvalue weighted by Crippen LogP contribution is -2.28. The van der Waals surface area contributed by atoms with Crippen LogP contribution >= 0.6 is 11.3 Å². The number of primary sulfonamides is 1. The highest BCUT2D eigenvalue weighted by Gasteiger charge is 2.24. The molecule has 3 aromatic heterocycles. The van der Waals surface area contributed by atoms with E-state index in [-0.39, 0.29) is 21.5 Å². The monoisotopic (exact) mass is 393 g/mol. The van der Waals surface area contributed by atoms with Crippen LogP contribution in [0, 0.1) is 6.92 Å². The second-order valence-corrected chi connectivity index (χ2v) is 8.35. The van der Waals surface area contributed by atoms with E-state index in [1.165, 1.54) is 52.5 Å². The minimum absolute atomic E-state index is 0.267. The molecule has 0 aliphatic rings. The number of hydrogen-bond donors (Lipinski definition) is 1. The van der Waals surface area contributed by atoms with Gasteiger partial charge in [-0.15, -0.1) is 11.3 Å². The highest BCUT2D eigenvalue weighted by Crippen LogP contribution is 2.28. The van der Waals surface area contributed by atoms with Crippen LogP contribution in [0.2, 0.25) is 0 Å². The molecule has 0 aliphatic carbocycles. The lowest BCUT2D eigenvalue weighted by atomic mass is 10.1. The number of rotatable bonds is 3. The van der Waals surface area contributed by atoms with E-state index < -0.39 is 15.9 Å². The Morgan fingerprint density at radius 2 is 2.00 bits per heavy atom. The number of carbonyl (C=O) groups excluding carboxylic acids is 1. The minimum atomic E-state index is -3.92. The first-order valence-corrected chi connectivity index (χ1v) is 9.69. The molecule has 0 fully saturated rings. The number of nitrogens with zero attached hydrogens (tertiary/aromatic N) is 4. The molecule has 0 spiro atoms. The molecule has 0 radical (unpaired) electrons. The van der Waals surface area contributed by atoms with Gasteiger partial charge >= 0.3 is 0 Å². The Hall–Kier alpha value is -2.63. The largest absolute Gasteiger partial charge is 0.310 e. The fourth-order valence-corrected chi connectivity index (χ4v) is 3.90. The van der Waals surface area contributed by atoms with Crippen LogP contribution in [-0.4, -0.2) is 35.9 Å². The molecule has 3 heterocycles. The van der Waals surface area contributed by atoms with Crippen molar-refractivity contribution in [2.45, 2.75) is 11.9 Å². The molecule has 0 bridgehead atoms. The van der Waals surface area contributed by atoms with Crippen LogP contribution in [0.15, 0.2) is 34.5 Å². The molecule has 0 aromatic carbocycles. The molecule has 0 saturated heterocycles. The maximum atomic E-state index is 13.0. The van der Waals surface area contributed by atoms with E-state index in [4.69, 9.17) is 5.14 Å². The summed E-state index contributed by atoms with van der Waals surface area (Å²) in [5, 5.41) is 4.99. The van der Waals surface area contributed by atoms with E-state index in [1.807, 2.05) is 0 Å². The molecule has 1 amide bonds. The second-order valence-electron chi connectivity index (χ2n) is 5.64. The first-order chi connectivity index (χ1) is 12.1. The van der Waals surface area contributed by atoms with Gasteiger partial charge < -0.3 is 9.47 Å². The number of carbonyl (C=O) groups is 1. The number of anilines is 1. The molecule has 26 heavy (non-hydrogen) atoms. The predicted molar refractivity (Wildman–Crippen MR) is 97.9 cm³/mol. The Kier molecular flexibility index (Phi) is 4.38. The number of nitrogens with two attached hydrogens (primary N) is 1. The standard InChI is InChI=1S/C15H15N5O4S2/c1-8-11(12-13(25-8)18-7-19(2)14(12)21)15(22)20(3)9-4-5-10(17-6-9)26(16,23)24/h4-7H,1-3H3,(H2,16,23,24). The predicted octanol–water partition coefficient (Wildman–Crippen LogP) is 0.622. The third-order valence-corrected chi connectivity index (χ3v) is 5.70. The van der Waals surface area contributed by atoms with Gasteiger partial charge in [0.05, 0.1) is 29.2 Å². The van der Waals surface area contributed by atoms with Crippen LogP contribution in [0.1, 0.15) is 15.2 Å². The Bertz CT molecular complexity index is 1180. The second kappa shape index (κ2) is 6.27. The smallest absolute Gasteiger partial charge is 0.262 e. The van der Waals surface area contributed by atoms with Crippen molar-refractivity contribution in [2.24, 2.45) is 12.2 Å². The first-order valence-electron chi connectivity index (χ1n) is 7.33. The number of sulfonamides is 1. The quantitative estimate of drug-likeness (QED) is 0.695. The van der Waals surface area contributed by atoms with Gasteiger partial charge in [-0.3, -0.25) is 9.59 Å². The summed E-state index contributed by atoms with van der Waals surface area (Å²) >= 11 is 1.26. The number of thiophene rings is 1. The van der Waals surface area contributed by atoms with Gasteiger partial charge in [-0.2, -0.15) is 0 Å². The summed E-state index contributed by atoms with van der Waals surface area (Å²) in [6.07, 6.45) is 2.65. The molecule has 0 saturated carbocycles. The van der Waals surface area contributed by atoms with E-state index in [1.54, 1.807) is 14.0 Å². The maximum Gasteiger partial charge on any atom is 0.262 e. The summed E-state index contributed by atoms with van der Waals surface area (Å²) in [5.41, 5.74) is 0.331. The van der Waals surface area contributed by atoms with Gasteiger partial charge in [0, 0.05) is 19.0 Å². The Labute approximate surface area is 152 Å². The SMILES string of the molecule is Cc1sc2ncn(C)c(=O)c2c1C(=O)N(C)c1ccc(S(N)(=O)=O)nc1. The van der Waals surface area contributed by atoms with Crippen LogP contribution in [0.25, 0.3) is 10.2 Å². The summed E-state index contributed by atoms with van der Waals surface area (Å²) in [6.45, 7) is 1.75. The van der Waals surface area contributed by atoms with Crippen molar-refractivity contribution in [3.05, 3.63) is 45.5 Å². The van der Waals surface area contributed by atoms with Crippen LogP contribution in [0.3, 0.4) is 0 Å². The zero-order chi connectivity index (χ0) is 19.2. The molecule has 3 rings (SSSR count). The minimum Gasteiger partial charge on any atom is -0.310 e. The van der Waals surface area contributed by atoms with Gasteiger partial charge in [0.2, 0.25) is 0 Å². The number of pyridine rings is 1. The van der Waals surface area contributed by atoms with Crippen molar-refractivity contribution < 1.29 is 13.2 Å². The van der Waals surface area contributed by atoms with Crippen LogP contribution in [0.5, 0.6) is 0 Å². The van der Waals surface area contributed by atoms with Crippen molar-refractivity contribution in [1.29, 1.82) is 0 Å². The van der Waals surface area contributed by atoms with Crippen LogP contribution in [-0.2, 0) is 17.1 Å². The Balaban J connectivity index is 2.07. The van der Waals surface area contributed by atoms with E-state index in [9.17, 15) is 18.0 Å². The third kappa shape index (κ3) is 3.00. The molecular formula is C15H15N5O4S2. The van der Waals surface area contributed by atoms with Gasteiger partial charge in [-0.05, 0) is 19.1 Å². The number of aromatic nitrogens is 3. The van der Waals surface area contributed by atoms with Gasteiger partial charge in [0.25, 0.3) is 21.5 Å². The summed E-state index contributed by atoms with van der Waals surface area (Å²) < 4.78 is 23.9. The lowest BCUT2D eigenvalue weighted by Gasteiger charge is -2.17. The zero-order valence-electron chi connectivity index (χ0n) is 14.1. The summed E-state index contributed by atoms with van der Waals surface area (Å²) in [6, 6.07) is 2.64. The maximum absolute atomic E-state index is 13.0. The average Bonchev–Trinajstić information content (AvgIpc) is 2.93. The van der Waals surface area contributed by atoms with E-state index in [0.29, 0.717) is 15.4 Å². The fourth-order valence-electron chi connectivity index (χ4n) is 2.47. The molecule has 136 valence electrons. The number of aryl methyl sites for hydroxylation is 2. The van der Waals surface area contributed by atoms with Gasteiger partial charge in [-0.25, -0.2) is 23.5 Å². The van der Waals surface area contributed by atoms with Crippen molar-refractivity contribution in [1.82, 2.24) is 14.5 Å². The number of amides is 1. The van der Waals surface area contributed by atoms with Crippen molar-refractivity contribution in [3.8, 4) is 0 Å². The zero-order valence-corrected chi connectivity index (χ0v) is 15.8. The van der Waals surface area contributed by atoms with Gasteiger partial charge in [0.15, 0.2) is 5.03 Å².